The van der Waals surface area contributed by atoms with E-state index in [9.17, 15) is 4.79 Å². The zero-order valence-electron chi connectivity index (χ0n) is 15.5. The number of carbonyl (C=O) groups is 1. The first-order valence-corrected chi connectivity index (χ1v) is 9.99. The Kier molecular flexibility index (Phi) is 6.42. The monoisotopic (exact) mass is 462 g/mol. The minimum Gasteiger partial charge on any atom is -0.481 e. The molecule has 0 saturated carbocycles. The number of aliphatic carboxylic acids is 1. The van der Waals surface area contributed by atoms with Crippen LogP contribution in [0.2, 0.25) is 5.02 Å². The Morgan fingerprint density at radius 2 is 1.93 bits per heavy atom. The minimum atomic E-state index is -1.03. The molecule has 0 amide bonds. The van der Waals surface area contributed by atoms with E-state index in [-0.39, 0.29) is 0 Å². The number of carboxylic acid groups (broad SMARTS) is 1. The van der Waals surface area contributed by atoms with Crippen molar-refractivity contribution in [3.05, 3.63) is 58.0 Å². The fraction of sp³-hybridized carbons (Fsp3) is 0.238. The standard InChI is InChI=1S/C21H20BrClN2O3/c1-13(2)11-25-19(14-3-6-16(23)7-4-14)10-18(24-25)17-9-15(22)5-8-20(17)28-12-21(26)27/h3-10,13H,11-12H2,1-2H3,(H,26,27). The zero-order chi connectivity index (χ0) is 20.3. The van der Waals surface area contributed by atoms with Crippen LogP contribution in [-0.2, 0) is 11.3 Å². The molecule has 1 N–H and O–H groups in total. The van der Waals surface area contributed by atoms with Crippen LogP contribution in [0.1, 0.15) is 13.8 Å². The third-order valence-corrected chi connectivity index (χ3v) is 4.77. The molecule has 0 aliphatic heterocycles. The summed E-state index contributed by atoms with van der Waals surface area (Å²) in [6.07, 6.45) is 0. The first-order chi connectivity index (χ1) is 13.3. The molecule has 0 radical (unpaired) electrons. The lowest BCUT2D eigenvalue weighted by molar-refractivity contribution is -0.139. The van der Waals surface area contributed by atoms with Crippen molar-refractivity contribution in [2.24, 2.45) is 5.92 Å². The van der Waals surface area contributed by atoms with Gasteiger partial charge < -0.3 is 9.84 Å². The first kappa shape index (κ1) is 20.4. The van der Waals surface area contributed by atoms with Crippen LogP contribution in [0.5, 0.6) is 5.75 Å². The summed E-state index contributed by atoms with van der Waals surface area (Å²) in [7, 11) is 0. The Bertz CT molecular complexity index is 984. The number of rotatable bonds is 7. The number of carboxylic acids is 1. The molecule has 146 valence electrons. The van der Waals surface area contributed by atoms with Crippen LogP contribution < -0.4 is 4.74 Å². The molecule has 1 aromatic heterocycles. The Morgan fingerprint density at radius 3 is 2.57 bits per heavy atom. The number of nitrogens with zero attached hydrogens (tertiary/aromatic N) is 2. The van der Waals surface area contributed by atoms with Gasteiger partial charge in [-0.05, 0) is 47.9 Å². The molecular weight excluding hydrogens is 444 g/mol. The van der Waals surface area contributed by atoms with E-state index in [0.29, 0.717) is 22.4 Å². The highest BCUT2D eigenvalue weighted by molar-refractivity contribution is 9.10. The number of halogens is 2. The lowest BCUT2D eigenvalue weighted by Crippen LogP contribution is -2.10. The van der Waals surface area contributed by atoms with Crippen molar-refractivity contribution in [3.8, 4) is 28.3 Å². The summed E-state index contributed by atoms with van der Waals surface area (Å²) in [4.78, 5) is 10.9. The van der Waals surface area contributed by atoms with E-state index in [1.54, 1.807) is 6.07 Å². The summed E-state index contributed by atoms with van der Waals surface area (Å²) in [5, 5.41) is 14.4. The molecule has 5 nitrogen and oxygen atoms in total. The third kappa shape index (κ3) is 4.94. The predicted octanol–water partition coefficient (Wildman–Crippen LogP) is 5.75. The van der Waals surface area contributed by atoms with E-state index in [1.165, 1.54) is 0 Å². The molecule has 1 heterocycles. The van der Waals surface area contributed by atoms with E-state index in [4.69, 9.17) is 26.5 Å². The van der Waals surface area contributed by atoms with Crippen LogP contribution >= 0.6 is 27.5 Å². The maximum atomic E-state index is 10.9. The zero-order valence-corrected chi connectivity index (χ0v) is 17.9. The summed E-state index contributed by atoms with van der Waals surface area (Å²) >= 11 is 9.50. The molecule has 3 aromatic rings. The van der Waals surface area contributed by atoms with Crippen LogP contribution in [0.4, 0.5) is 0 Å². The van der Waals surface area contributed by atoms with Gasteiger partial charge in [0.15, 0.2) is 6.61 Å². The van der Waals surface area contributed by atoms with Gasteiger partial charge in [0, 0.05) is 21.6 Å². The van der Waals surface area contributed by atoms with Gasteiger partial charge in [-0.15, -0.1) is 0 Å². The topological polar surface area (TPSA) is 64.4 Å². The van der Waals surface area contributed by atoms with Gasteiger partial charge >= 0.3 is 5.97 Å². The number of hydrogen-bond acceptors (Lipinski definition) is 3. The van der Waals surface area contributed by atoms with Crippen molar-refractivity contribution in [2.75, 3.05) is 6.61 Å². The molecule has 28 heavy (non-hydrogen) atoms. The Labute approximate surface area is 177 Å². The van der Waals surface area contributed by atoms with Gasteiger partial charge in [0.2, 0.25) is 0 Å². The van der Waals surface area contributed by atoms with Gasteiger partial charge in [0.05, 0.1) is 11.4 Å². The van der Waals surface area contributed by atoms with Crippen LogP contribution in [0, 0.1) is 5.92 Å². The number of hydrogen-bond donors (Lipinski definition) is 1. The van der Waals surface area contributed by atoms with Crippen molar-refractivity contribution in [3.63, 3.8) is 0 Å². The molecule has 0 saturated heterocycles. The second-order valence-electron chi connectivity index (χ2n) is 6.82. The van der Waals surface area contributed by atoms with Gasteiger partial charge in [0.1, 0.15) is 5.75 Å². The van der Waals surface area contributed by atoms with E-state index >= 15 is 0 Å². The highest BCUT2D eigenvalue weighted by Crippen LogP contribution is 2.35. The average Bonchev–Trinajstić information content (AvgIpc) is 3.04. The fourth-order valence-corrected chi connectivity index (χ4v) is 3.34. The van der Waals surface area contributed by atoms with Gasteiger partial charge in [0.25, 0.3) is 0 Å². The lowest BCUT2D eigenvalue weighted by Gasteiger charge is -2.10. The molecule has 3 rings (SSSR count). The van der Waals surface area contributed by atoms with Crippen molar-refractivity contribution >= 4 is 33.5 Å². The van der Waals surface area contributed by atoms with Gasteiger partial charge in [-0.25, -0.2) is 4.79 Å². The molecular formula is C21H20BrClN2O3. The van der Waals surface area contributed by atoms with Crippen molar-refractivity contribution in [2.45, 2.75) is 20.4 Å². The molecule has 7 heteroatoms. The molecule has 0 unspecified atom stereocenters. The molecule has 0 spiro atoms. The first-order valence-electron chi connectivity index (χ1n) is 8.82. The van der Waals surface area contributed by atoms with Crippen molar-refractivity contribution in [1.29, 1.82) is 0 Å². The van der Waals surface area contributed by atoms with E-state index < -0.39 is 12.6 Å². The predicted molar refractivity (Wildman–Crippen MR) is 114 cm³/mol. The van der Waals surface area contributed by atoms with Gasteiger partial charge in [-0.2, -0.15) is 5.10 Å². The Morgan fingerprint density at radius 1 is 1.21 bits per heavy atom. The molecule has 0 bridgehead atoms. The molecule has 0 aliphatic carbocycles. The minimum absolute atomic E-state index is 0.407. The molecule has 0 fully saturated rings. The van der Waals surface area contributed by atoms with Crippen molar-refractivity contribution in [1.82, 2.24) is 9.78 Å². The number of aromatic nitrogens is 2. The maximum Gasteiger partial charge on any atom is 0.341 e. The van der Waals surface area contributed by atoms with Crippen LogP contribution in [-0.4, -0.2) is 27.5 Å². The maximum absolute atomic E-state index is 10.9. The average molecular weight is 464 g/mol. The van der Waals surface area contributed by atoms with Gasteiger partial charge in [-0.1, -0.05) is 53.5 Å². The quantitative estimate of drug-likeness (QED) is 0.484. The van der Waals surface area contributed by atoms with Gasteiger partial charge in [-0.3, -0.25) is 4.68 Å². The number of ether oxygens (including phenoxy) is 1. The lowest BCUT2D eigenvalue weighted by atomic mass is 10.1. The number of benzene rings is 2. The largest absolute Gasteiger partial charge is 0.481 e. The Hall–Kier alpha value is -2.31. The smallest absolute Gasteiger partial charge is 0.341 e. The van der Waals surface area contributed by atoms with Crippen molar-refractivity contribution < 1.29 is 14.6 Å². The highest BCUT2D eigenvalue weighted by Gasteiger charge is 2.17. The van der Waals surface area contributed by atoms with E-state index in [2.05, 4.69) is 29.8 Å². The summed E-state index contributed by atoms with van der Waals surface area (Å²) in [5.74, 6) is -0.146. The van der Waals surface area contributed by atoms with E-state index in [1.807, 2.05) is 47.1 Å². The molecule has 0 atom stereocenters. The molecule has 2 aromatic carbocycles. The summed E-state index contributed by atoms with van der Waals surface area (Å²) < 4.78 is 8.29. The van der Waals surface area contributed by atoms with Crippen LogP contribution in [0.15, 0.2) is 53.0 Å². The Balaban J connectivity index is 2.08. The fourth-order valence-electron chi connectivity index (χ4n) is 2.85. The SMILES string of the molecule is CC(C)Cn1nc(-c2cc(Br)ccc2OCC(=O)O)cc1-c1ccc(Cl)cc1. The van der Waals surface area contributed by atoms with E-state index in [0.717, 1.165) is 27.8 Å². The second kappa shape index (κ2) is 8.80. The summed E-state index contributed by atoms with van der Waals surface area (Å²) in [5.41, 5.74) is 3.41. The van der Waals surface area contributed by atoms with Crippen LogP contribution in [0.3, 0.4) is 0 Å². The highest BCUT2D eigenvalue weighted by atomic mass is 79.9. The third-order valence-electron chi connectivity index (χ3n) is 4.03. The summed E-state index contributed by atoms with van der Waals surface area (Å²) in [6.45, 7) is 4.60. The second-order valence-corrected chi connectivity index (χ2v) is 8.17. The van der Waals surface area contributed by atoms with Crippen LogP contribution in [0.25, 0.3) is 22.5 Å². The summed E-state index contributed by atoms with van der Waals surface area (Å²) in [6, 6.07) is 15.0. The molecule has 0 aliphatic rings. The normalized spacial score (nSPS) is 11.0.